The summed E-state index contributed by atoms with van der Waals surface area (Å²) in [6.07, 6.45) is 0. The molecule has 7 nitrogen and oxygen atoms in total. The Balaban J connectivity index is 1.47. The number of halogens is 1. The molecule has 5 aromatic rings. The Hall–Kier alpha value is -4.28. The summed E-state index contributed by atoms with van der Waals surface area (Å²) >= 11 is 2.36. The molecule has 1 amide bonds. The first kappa shape index (κ1) is 27.3. The van der Waals surface area contributed by atoms with Crippen LogP contribution in [0.3, 0.4) is 0 Å². The second kappa shape index (κ2) is 11.8. The Kier molecular flexibility index (Phi) is 8.09. The van der Waals surface area contributed by atoms with Crippen molar-refractivity contribution >= 4 is 50.9 Å². The van der Waals surface area contributed by atoms with Gasteiger partial charge < -0.3 is 10.1 Å². The van der Waals surface area contributed by atoms with Crippen LogP contribution in [0.15, 0.2) is 94.9 Å². The summed E-state index contributed by atoms with van der Waals surface area (Å²) in [7, 11) is 0. The third-order valence-electron chi connectivity index (χ3n) is 6.00. The van der Waals surface area contributed by atoms with E-state index in [0.717, 1.165) is 22.2 Å². The maximum absolute atomic E-state index is 13.6. The number of nitrogens with one attached hydrogen (secondary N) is 1. The number of ether oxygens (including phenoxy) is 1. The maximum Gasteiger partial charge on any atom is 0.341 e. The Morgan fingerprint density at radius 2 is 1.75 bits per heavy atom. The van der Waals surface area contributed by atoms with Crippen LogP contribution in [-0.2, 0) is 9.53 Å². The van der Waals surface area contributed by atoms with Crippen molar-refractivity contribution in [3.05, 3.63) is 107 Å². The molecule has 2 aromatic heterocycles. The highest BCUT2D eigenvalue weighted by Gasteiger charge is 2.24. The standard InChI is InChI=1S/C30H24FN3O4S2/c1-3-38-29(37)23-17-25(19-9-5-4-6-10-19)40-27(23)33-26(35)18(2)39-30-32-24-12-8-7-11-22(24)28(36)34(30)21-15-13-20(31)14-16-21/h4-18H,3H2,1-2H3,(H,33,35). The van der Waals surface area contributed by atoms with Crippen molar-refractivity contribution in [3.8, 4) is 16.1 Å². The topological polar surface area (TPSA) is 90.3 Å². The number of para-hydroxylation sites is 1. The van der Waals surface area contributed by atoms with Crippen molar-refractivity contribution in [1.29, 1.82) is 0 Å². The number of thiophene rings is 1. The molecule has 10 heteroatoms. The quantitative estimate of drug-likeness (QED) is 0.129. The van der Waals surface area contributed by atoms with E-state index < -0.39 is 17.0 Å². The highest BCUT2D eigenvalue weighted by atomic mass is 32.2. The molecule has 0 saturated heterocycles. The van der Waals surface area contributed by atoms with Crippen molar-refractivity contribution in [2.75, 3.05) is 11.9 Å². The molecule has 202 valence electrons. The molecule has 0 spiro atoms. The van der Waals surface area contributed by atoms with Crippen molar-refractivity contribution in [2.24, 2.45) is 0 Å². The Morgan fingerprint density at radius 3 is 2.48 bits per heavy atom. The first-order chi connectivity index (χ1) is 19.4. The molecule has 0 bridgehead atoms. The third kappa shape index (κ3) is 5.68. The van der Waals surface area contributed by atoms with Gasteiger partial charge in [0.15, 0.2) is 5.16 Å². The third-order valence-corrected chi connectivity index (χ3v) is 8.16. The van der Waals surface area contributed by atoms with Gasteiger partial charge in [0.25, 0.3) is 5.56 Å². The number of amides is 1. The van der Waals surface area contributed by atoms with E-state index in [9.17, 15) is 18.8 Å². The lowest BCUT2D eigenvalue weighted by Gasteiger charge is -2.16. The molecule has 0 aliphatic carbocycles. The molecule has 0 fully saturated rings. The number of nitrogens with zero attached hydrogens (tertiary/aromatic N) is 2. The minimum Gasteiger partial charge on any atom is -0.462 e. The number of hydrogen-bond acceptors (Lipinski definition) is 7. The van der Waals surface area contributed by atoms with E-state index >= 15 is 0 Å². The number of fused-ring (bicyclic) bond motifs is 1. The number of thioether (sulfide) groups is 1. The monoisotopic (exact) mass is 573 g/mol. The van der Waals surface area contributed by atoms with Crippen LogP contribution >= 0.6 is 23.1 Å². The normalized spacial score (nSPS) is 11.8. The Bertz CT molecular complexity index is 1750. The summed E-state index contributed by atoms with van der Waals surface area (Å²) in [5, 5.41) is 3.21. The number of anilines is 1. The van der Waals surface area contributed by atoms with Gasteiger partial charge in [-0.25, -0.2) is 14.2 Å². The Morgan fingerprint density at radius 1 is 1.05 bits per heavy atom. The summed E-state index contributed by atoms with van der Waals surface area (Å²) in [5.74, 6) is -1.35. The fourth-order valence-corrected chi connectivity index (χ4v) is 6.00. The summed E-state index contributed by atoms with van der Waals surface area (Å²) in [6.45, 7) is 3.60. The van der Waals surface area contributed by atoms with E-state index in [0.29, 0.717) is 21.6 Å². The smallest absolute Gasteiger partial charge is 0.341 e. The number of carbonyl (C=O) groups excluding carboxylic acids is 2. The van der Waals surface area contributed by atoms with Crippen molar-refractivity contribution in [1.82, 2.24) is 9.55 Å². The van der Waals surface area contributed by atoms with Crippen molar-refractivity contribution in [2.45, 2.75) is 24.3 Å². The van der Waals surface area contributed by atoms with E-state index in [1.165, 1.54) is 40.2 Å². The largest absolute Gasteiger partial charge is 0.462 e. The number of rotatable bonds is 8. The van der Waals surface area contributed by atoms with Crippen LogP contribution < -0.4 is 10.9 Å². The van der Waals surface area contributed by atoms with Crippen LogP contribution in [0.25, 0.3) is 27.0 Å². The first-order valence-electron chi connectivity index (χ1n) is 12.5. The molecular formula is C30H24FN3O4S2. The average molecular weight is 574 g/mol. The average Bonchev–Trinajstić information content (AvgIpc) is 3.38. The maximum atomic E-state index is 13.6. The molecule has 0 radical (unpaired) electrons. The fraction of sp³-hybridized carbons (Fsp3) is 0.133. The molecule has 5 rings (SSSR count). The number of carbonyl (C=O) groups is 2. The van der Waals surface area contributed by atoms with E-state index in [1.807, 2.05) is 30.3 Å². The first-order valence-corrected chi connectivity index (χ1v) is 14.2. The van der Waals surface area contributed by atoms with E-state index in [-0.39, 0.29) is 28.8 Å². The molecule has 3 aromatic carbocycles. The summed E-state index contributed by atoms with van der Waals surface area (Å²) < 4.78 is 20.2. The molecule has 0 aliphatic heterocycles. The number of hydrogen-bond donors (Lipinski definition) is 1. The lowest BCUT2D eigenvalue weighted by Crippen LogP contribution is -2.26. The second-order valence-corrected chi connectivity index (χ2v) is 11.1. The zero-order valence-corrected chi connectivity index (χ0v) is 23.2. The van der Waals surface area contributed by atoms with Crippen LogP contribution in [0.5, 0.6) is 0 Å². The zero-order valence-electron chi connectivity index (χ0n) is 21.6. The van der Waals surface area contributed by atoms with Gasteiger partial charge in [0.1, 0.15) is 10.8 Å². The predicted molar refractivity (Wildman–Crippen MR) is 157 cm³/mol. The summed E-state index contributed by atoms with van der Waals surface area (Å²) in [6, 6.07) is 23.7. The molecule has 40 heavy (non-hydrogen) atoms. The lowest BCUT2D eigenvalue weighted by molar-refractivity contribution is -0.115. The van der Waals surface area contributed by atoms with Crippen LogP contribution in [0, 0.1) is 5.82 Å². The number of esters is 1. The van der Waals surface area contributed by atoms with Gasteiger partial charge in [-0.3, -0.25) is 14.2 Å². The molecule has 0 aliphatic rings. The summed E-state index contributed by atoms with van der Waals surface area (Å²) in [5.41, 5.74) is 1.75. The molecule has 1 N–H and O–H groups in total. The van der Waals surface area contributed by atoms with Crippen LogP contribution in [0.2, 0.25) is 0 Å². The molecule has 2 heterocycles. The molecule has 1 atom stereocenters. The van der Waals surface area contributed by atoms with Gasteiger partial charge in [-0.1, -0.05) is 54.2 Å². The second-order valence-electron chi connectivity index (χ2n) is 8.72. The summed E-state index contributed by atoms with van der Waals surface area (Å²) in [4.78, 5) is 45.0. The fourth-order valence-electron chi connectivity index (χ4n) is 4.02. The number of aromatic nitrogens is 2. The minimum atomic E-state index is -0.711. The molecular weight excluding hydrogens is 549 g/mol. The Labute approximate surface area is 237 Å². The van der Waals surface area contributed by atoms with E-state index in [2.05, 4.69) is 10.3 Å². The SMILES string of the molecule is CCOC(=O)c1cc(-c2ccccc2)sc1NC(=O)C(C)Sc1nc2ccccc2c(=O)n1-c1ccc(F)cc1. The van der Waals surface area contributed by atoms with E-state index in [1.54, 1.807) is 44.2 Å². The highest BCUT2D eigenvalue weighted by Crippen LogP contribution is 2.36. The zero-order chi connectivity index (χ0) is 28.2. The van der Waals surface area contributed by atoms with Gasteiger partial charge in [-0.2, -0.15) is 0 Å². The van der Waals surface area contributed by atoms with Crippen LogP contribution in [0.4, 0.5) is 9.39 Å². The van der Waals surface area contributed by atoms with Gasteiger partial charge in [-0.05, 0) is 61.9 Å². The van der Waals surface area contributed by atoms with Crippen LogP contribution in [-0.4, -0.2) is 33.3 Å². The predicted octanol–water partition coefficient (Wildman–Crippen LogP) is 6.55. The molecule has 1 unspecified atom stereocenters. The van der Waals surface area contributed by atoms with Gasteiger partial charge in [0.05, 0.1) is 34.0 Å². The van der Waals surface area contributed by atoms with Crippen molar-refractivity contribution < 1.29 is 18.7 Å². The number of benzene rings is 3. The van der Waals surface area contributed by atoms with E-state index in [4.69, 9.17) is 4.74 Å². The van der Waals surface area contributed by atoms with Gasteiger partial charge in [-0.15, -0.1) is 11.3 Å². The minimum absolute atomic E-state index is 0.198. The highest BCUT2D eigenvalue weighted by molar-refractivity contribution is 8.00. The van der Waals surface area contributed by atoms with Crippen LogP contribution in [0.1, 0.15) is 24.2 Å². The van der Waals surface area contributed by atoms with Crippen molar-refractivity contribution in [3.63, 3.8) is 0 Å². The van der Waals surface area contributed by atoms with Gasteiger partial charge in [0.2, 0.25) is 5.91 Å². The lowest BCUT2D eigenvalue weighted by atomic mass is 10.1. The van der Waals surface area contributed by atoms with Gasteiger partial charge >= 0.3 is 5.97 Å². The molecule has 0 saturated carbocycles. The van der Waals surface area contributed by atoms with Gasteiger partial charge in [0, 0.05) is 4.88 Å².